The van der Waals surface area contributed by atoms with Crippen molar-refractivity contribution < 1.29 is 14.3 Å². The lowest BCUT2D eigenvalue weighted by atomic mass is 10.1. The van der Waals surface area contributed by atoms with E-state index in [9.17, 15) is 9.59 Å². The number of rotatable bonds is 3. The fourth-order valence-corrected chi connectivity index (χ4v) is 3.03. The molecule has 1 atom stereocenters. The molecular formula is C13H12N4O3S. The molecule has 1 aliphatic heterocycles. The van der Waals surface area contributed by atoms with Crippen LogP contribution in [0.5, 0.6) is 0 Å². The van der Waals surface area contributed by atoms with E-state index in [0.29, 0.717) is 10.1 Å². The molecule has 0 saturated carbocycles. The molecule has 8 heteroatoms. The van der Waals surface area contributed by atoms with Gasteiger partial charge in [0.15, 0.2) is 0 Å². The van der Waals surface area contributed by atoms with E-state index < -0.39 is 5.92 Å². The van der Waals surface area contributed by atoms with Crippen molar-refractivity contribution in [3.63, 3.8) is 0 Å². The van der Waals surface area contributed by atoms with Crippen molar-refractivity contribution in [2.24, 2.45) is 5.92 Å². The maximum absolute atomic E-state index is 12.0. The van der Waals surface area contributed by atoms with Gasteiger partial charge in [-0.1, -0.05) is 11.3 Å². The van der Waals surface area contributed by atoms with Crippen LogP contribution in [0.1, 0.15) is 6.42 Å². The zero-order valence-corrected chi connectivity index (χ0v) is 12.0. The Balaban J connectivity index is 1.81. The Morgan fingerprint density at radius 3 is 2.86 bits per heavy atom. The van der Waals surface area contributed by atoms with Crippen LogP contribution in [0.15, 0.2) is 24.5 Å². The van der Waals surface area contributed by atoms with Gasteiger partial charge in [-0.25, -0.2) is 0 Å². The quantitative estimate of drug-likeness (QED) is 0.790. The van der Waals surface area contributed by atoms with Gasteiger partial charge in [-0.05, 0) is 12.1 Å². The smallest absolute Gasteiger partial charge is 0.311 e. The lowest BCUT2D eigenvalue weighted by Crippen LogP contribution is -2.26. The summed E-state index contributed by atoms with van der Waals surface area (Å²) in [5.74, 6) is -0.941. The van der Waals surface area contributed by atoms with Crippen molar-refractivity contribution in [1.29, 1.82) is 0 Å². The summed E-state index contributed by atoms with van der Waals surface area (Å²) >= 11 is 1.31. The predicted octanol–water partition coefficient (Wildman–Crippen LogP) is 1.13. The van der Waals surface area contributed by atoms with E-state index in [0.717, 1.165) is 5.56 Å². The Morgan fingerprint density at radius 1 is 1.38 bits per heavy atom. The van der Waals surface area contributed by atoms with E-state index in [2.05, 4.69) is 19.9 Å². The number of hydrogen-bond donors (Lipinski definition) is 0. The van der Waals surface area contributed by atoms with Crippen LogP contribution in [0.2, 0.25) is 0 Å². The van der Waals surface area contributed by atoms with Crippen molar-refractivity contribution >= 4 is 28.3 Å². The number of hydrogen-bond acceptors (Lipinski definition) is 7. The van der Waals surface area contributed by atoms with E-state index in [1.165, 1.54) is 23.3 Å². The largest absolute Gasteiger partial charge is 0.469 e. The van der Waals surface area contributed by atoms with Crippen molar-refractivity contribution in [3.8, 4) is 10.6 Å². The molecule has 7 nitrogen and oxygen atoms in total. The summed E-state index contributed by atoms with van der Waals surface area (Å²) in [5.41, 5.74) is 0.893. The summed E-state index contributed by atoms with van der Waals surface area (Å²) in [5, 5.41) is 9.34. The van der Waals surface area contributed by atoms with Crippen molar-refractivity contribution in [3.05, 3.63) is 24.5 Å². The van der Waals surface area contributed by atoms with Crippen LogP contribution < -0.4 is 4.90 Å². The van der Waals surface area contributed by atoms with E-state index in [1.54, 1.807) is 12.4 Å². The number of aromatic nitrogens is 3. The van der Waals surface area contributed by atoms with Gasteiger partial charge in [-0.15, -0.1) is 10.2 Å². The molecule has 1 unspecified atom stereocenters. The molecule has 3 rings (SSSR count). The molecular weight excluding hydrogens is 292 g/mol. The molecule has 0 aliphatic carbocycles. The van der Waals surface area contributed by atoms with Crippen LogP contribution in [-0.4, -0.2) is 40.7 Å². The number of nitrogens with zero attached hydrogens (tertiary/aromatic N) is 4. The Hall–Kier alpha value is -2.35. The fourth-order valence-electron chi connectivity index (χ4n) is 2.15. The average Bonchev–Trinajstić information content (AvgIpc) is 3.14. The second-order valence-corrected chi connectivity index (χ2v) is 5.51. The molecule has 1 amide bonds. The SMILES string of the molecule is COC(=O)C1CC(=O)N(c2nnc(-c3ccncc3)s2)C1. The zero-order valence-electron chi connectivity index (χ0n) is 11.2. The zero-order chi connectivity index (χ0) is 14.8. The van der Waals surface area contributed by atoms with Crippen LogP contribution in [0.4, 0.5) is 5.13 Å². The summed E-state index contributed by atoms with van der Waals surface area (Å²) in [6, 6.07) is 3.65. The Kier molecular flexibility index (Phi) is 3.61. The van der Waals surface area contributed by atoms with Crippen LogP contribution in [0, 0.1) is 5.92 Å². The van der Waals surface area contributed by atoms with Crippen molar-refractivity contribution in [2.45, 2.75) is 6.42 Å². The monoisotopic (exact) mass is 304 g/mol. The van der Waals surface area contributed by atoms with Gasteiger partial charge in [-0.2, -0.15) is 0 Å². The molecule has 0 radical (unpaired) electrons. The topological polar surface area (TPSA) is 85.3 Å². The number of esters is 1. The highest BCUT2D eigenvalue weighted by atomic mass is 32.1. The van der Waals surface area contributed by atoms with Gasteiger partial charge < -0.3 is 4.74 Å². The standard InChI is InChI=1S/C13H12N4O3S/c1-20-12(19)9-6-10(18)17(7-9)13-16-15-11(21-13)8-2-4-14-5-3-8/h2-5,9H,6-7H2,1H3. The first-order valence-corrected chi connectivity index (χ1v) is 7.13. The predicted molar refractivity (Wildman–Crippen MR) is 75.6 cm³/mol. The lowest BCUT2D eigenvalue weighted by molar-refractivity contribution is -0.145. The summed E-state index contributed by atoms with van der Waals surface area (Å²) < 4.78 is 4.68. The summed E-state index contributed by atoms with van der Waals surface area (Å²) in [6.07, 6.45) is 3.49. The summed E-state index contributed by atoms with van der Waals surface area (Å²) in [7, 11) is 1.32. The summed E-state index contributed by atoms with van der Waals surface area (Å²) in [6.45, 7) is 0.288. The molecule has 1 saturated heterocycles. The molecule has 0 bridgehead atoms. The third-order valence-corrected chi connectivity index (χ3v) is 4.23. The third kappa shape index (κ3) is 2.62. The second kappa shape index (κ2) is 5.57. The first kappa shape index (κ1) is 13.6. The highest BCUT2D eigenvalue weighted by Gasteiger charge is 2.37. The van der Waals surface area contributed by atoms with Gasteiger partial charge in [0.05, 0.1) is 13.0 Å². The number of carbonyl (C=O) groups is 2. The van der Waals surface area contributed by atoms with E-state index in [4.69, 9.17) is 0 Å². The first-order valence-electron chi connectivity index (χ1n) is 6.31. The van der Waals surface area contributed by atoms with E-state index >= 15 is 0 Å². The molecule has 108 valence electrons. The van der Waals surface area contributed by atoms with E-state index in [1.807, 2.05) is 12.1 Å². The molecule has 1 fully saturated rings. The number of amides is 1. The van der Waals surface area contributed by atoms with Crippen LogP contribution in [-0.2, 0) is 14.3 Å². The van der Waals surface area contributed by atoms with Crippen molar-refractivity contribution in [1.82, 2.24) is 15.2 Å². The van der Waals surface area contributed by atoms with Gasteiger partial charge in [0, 0.05) is 30.9 Å². The van der Waals surface area contributed by atoms with Gasteiger partial charge in [-0.3, -0.25) is 19.5 Å². The molecule has 1 aliphatic rings. The summed E-state index contributed by atoms with van der Waals surface area (Å²) in [4.78, 5) is 29.0. The average molecular weight is 304 g/mol. The minimum atomic E-state index is -0.434. The number of carbonyl (C=O) groups excluding carboxylic acids is 2. The Labute approximate surface area is 124 Å². The normalized spacial score (nSPS) is 18.0. The van der Waals surface area contributed by atoms with Gasteiger partial charge in [0.25, 0.3) is 0 Å². The van der Waals surface area contributed by atoms with Crippen molar-refractivity contribution in [2.75, 3.05) is 18.6 Å². The van der Waals surface area contributed by atoms with Crippen LogP contribution in [0.25, 0.3) is 10.6 Å². The molecule has 3 heterocycles. The number of anilines is 1. The second-order valence-electron chi connectivity index (χ2n) is 4.55. The molecule has 2 aromatic rings. The van der Waals surface area contributed by atoms with Crippen LogP contribution >= 0.6 is 11.3 Å². The van der Waals surface area contributed by atoms with E-state index in [-0.39, 0.29) is 24.8 Å². The van der Waals surface area contributed by atoms with Gasteiger partial charge in [0.1, 0.15) is 5.01 Å². The Morgan fingerprint density at radius 2 is 2.14 bits per heavy atom. The molecule has 0 N–H and O–H groups in total. The molecule has 0 spiro atoms. The molecule has 0 aromatic carbocycles. The maximum Gasteiger partial charge on any atom is 0.311 e. The third-order valence-electron chi connectivity index (χ3n) is 3.23. The minimum Gasteiger partial charge on any atom is -0.469 e. The molecule has 2 aromatic heterocycles. The highest BCUT2D eigenvalue weighted by Crippen LogP contribution is 2.32. The van der Waals surface area contributed by atoms with Gasteiger partial charge in [0.2, 0.25) is 11.0 Å². The number of pyridine rings is 1. The maximum atomic E-state index is 12.0. The number of ether oxygens (including phenoxy) is 1. The highest BCUT2D eigenvalue weighted by molar-refractivity contribution is 7.18. The molecule has 21 heavy (non-hydrogen) atoms. The first-order chi connectivity index (χ1) is 10.2. The lowest BCUT2D eigenvalue weighted by Gasteiger charge is -2.11. The Bertz CT molecular complexity index is 673. The van der Waals surface area contributed by atoms with Crippen LogP contribution in [0.3, 0.4) is 0 Å². The van der Waals surface area contributed by atoms with Gasteiger partial charge >= 0.3 is 5.97 Å². The fraction of sp³-hybridized carbons (Fsp3) is 0.308. The minimum absolute atomic E-state index is 0.136. The number of methoxy groups -OCH3 is 1.